The number of anilines is 1. The number of aliphatic carboxylic acids is 1. The van der Waals surface area contributed by atoms with E-state index in [-0.39, 0.29) is 18.9 Å². The van der Waals surface area contributed by atoms with Crippen LogP contribution in [0.2, 0.25) is 0 Å². The number of nitrogens with zero attached hydrogens (tertiary/aromatic N) is 2. The van der Waals surface area contributed by atoms with Gasteiger partial charge in [0.2, 0.25) is 0 Å². The topological polar surface area (TPSA) is 103 Å². The molecule has 2 N–H and O–H groups in total. The summed E-state index contributed by atoms with van der Waals surface area (Å²) in [5, 5.41) is 16.0. The van der Waals surface area contributed by atoms with Crippen molar-refractivity contribution in [1.29, 1.82) is 0 Å². The number of rotatable bonds is 5. The molecule has 0 aliphatic carbocycles. The minimum absolute atomic E-state index is 0.0303. The maximum Gasteiger partial charge on any atom is 0.305 e. The van der Waals surface area contributed by atoms with Crippen molar-refractivity contribution in [1.82, 2.24) is 9.78 Å². The number of carboxylic acids is 1. The summed E-state index contributed by atoms with van der Waals surface area (Å²) in [6.45, 7) is 4.96. The minimum Gasteiger partial charge on any atom is -0.490 e. The van der Waals surface area contributed by atoms with Gasteiger partial charge in [0.25, 0.3) is 5.91 Å². The third kappa shape index (κ3) is 3.79. The quantitative estimate of drug-likeness (QED) is 0.850. The molecule has 0 radical (unpaired) electrons. The van der Waals surface area contributed by atoms with Crippen molar-refractivity contribution in [2.75, 3.05) is 18.5 Å². The predicted molar refractivity (Wildman–Crippen MR) is 94.0 cm³/mol. The molecule has 1 aromatic heterocycles. The highest BCUT2D eigenvalue weighted by Gasteiger charge is 2.18. The van der Waals surface area contributed by atoms with Gasteiger partial charge in [-0.05, 0) is 32.0 Å². The summed E-state index contributed by atoms with van der Waals surface area (Å²) in [4.78, 5) is 23.4. The lowest BCUT2D eigenvalue weighted by Gasteiger charge is -2.10. The van der Waals surface area contributed by atoms with Crippen LogP contribution < -0.4 is 14.8 Å². The van der Waals surface area contributed by atoms with Crippen LogP contribution in [0.1, 0.15) is 34.6 Å². The molecule has 1 aliphatic rings. The third-order valence-corrected chi connectivity index (χ3v) is 4.17. The summed E-state index contributed by atoms with van der Waals surface area (Å²) in [7, 11) is 0. The summed E-state index contributed by atoms with van der Waals surface area (Å²) >= 11 is 0. The first-order valence-corrected chi connectivity index (χ1v) is 8.42. The number of nitrogens with one attached hydrogen (secondary N) is 1. The highest BCUT2D eigenvalue weighted by Crippen LogP contribution is 2.31. The number of amides is 1. The fourth-order valence-electron chi connectivity index (χ4n) is 2.79. The maximum atomic E-state index is 12.6. The first-order valence-electron chi connectivity index (χ1n) is 8.42. The molecule has 0 atom stereocenters. The molecular weight excluding hydrogens is 338 g/mol. The Kier molecular flexibility index (Phi) is 5.11. The maximum absolute atomic E-state index is 12.6. The molecule has 0 saturated carbocycles. The van der Waals surface area contributed by atoms with E-state index >= 15 is 0 Å². The van der Waals surface area contributed by atoms with Crippen LogP contribution >= 0.6 is 0 Å². The van der Waals surface area contributed by atoms with Gasteiger partial charge in [-0.3, -0.25) is 14.3 Å². The minimum atomic E-state index is -0.893. The lowest BCUT2D eigenvalue weighted by molar-refractivity contribution is -0.137. The average Bonchev–Trinajstić information content (AvgIpc) is 2.79. The van der Waals surface area contributed by atoms with E-state index in [9.17, 15) is 9.59 Å². The summed E-state index contributed by atoms with van der Waals surface area (Å²) in [5.74, 6) is 0.00798. The predicted octanol–water partition coefficient (Wildman–Crippen LogP) is 2.39. The summed E-state index contributed by atoms with van der Waals surface area (Å²) in [6.07, 6.45) is 0.766. The fourth-order valence-corrected chi connectivity index (χ4v) is 2.79. The first kappa shape index (κ1) is 17.8. The fraction of sp³-hybridized carbons (Fsp3) is 0.389. The Morgan fingerprint density at radius 3 is 2.69 bits per heavy atom. The molecule has 0 fully saturated rings. The molecule has 8 heteroatoms. The van der Waals surface area contributed by atoms with Crippen molar-refractivity contribution < 1.29 is 24.2 Å². The number of ether oxygens (including phenoxy) is 2. The van der Waals surface area contributed by atoms with Gasteiger partial charge < -0.3 is 19.9 Å². The number of carbonyl (C=O) groups is 2. The Morgan fingerprint density at radius 2 is 1.96 bits per heavy atom. The van der Waals surface area contributed by atoms with E-state index in [4.69, 9.17) is 14.6 Å². The van der Waals surface area contributed by atoms with E-state index < -0.39 is 5.97 Å². The van der Waals surface area contributed by atoms with Crippen LogP contribution in [0.25, 0.3) is 0 Å². The van der Waals surface area contributed by atoms with E-state index in [2.05, 4.69) is 10.4 Å². The van der Waals surface area contributed by atoms with Crippen molar-refractivity contribution in [3.05, 3.63) is 35.2 Å². The van der Waals surface area contributed by atoms with E-state index in [1.807, 2.05) is 0 Å². The highest BCUT2D eigenvalue weighted by atomic mass is 16.5. The van der Waals surface area contributed by atoms with E-state index in [1.165, 1.54) is 0 Å². The van der Waals surface area contributed by atoms with E-state index in [0.717, 1.165) is 6.42 Å². The number of hydrogen-bond acceptors (Lipinski definition) is 5. The molecule has 26 heavy (non-hydrogen) atoms. The summed E-state index contributed by atoms with van der Waals surface area (Å²) < 4.78 is 12.8. The molecule has 0 spiro atoms. The van der Waals surface area contributed by atoms with Crippen molar-refractivity contribution >= 4 is 17.6 Å². The lowest BCUT2D eigenvalue weighted by Crippen LogP contribution is -2.14. The molecule has 3 rings (SSSR count). The Hall–Kier alpha value is -3.03. The standard InChI is InChI=1S/C18H21N3O5/c1-11-17(12(2)21(20-11)7-6-16(22)23)19-18(24)13-4-5-14-15(10-13)26-9-3-8-25-14/h4-5,10H,3,6-9H2,1-2H3,(H,19,24)(H,22,23). The number of benzene rings is 1. The zero-order chi connectivity index (χ0) is 18.7. The van der Waals surface area contributed by atoms with Gasteiger partial charge in [0.1, 0.15) is 0 Å². The van der Waals surface area contributed by atoms with Crippen LogP contribution in [0, 0.1) is 13.8 Å². The number of carboxylic acid groups (broad SMARTS) is 1. The van der Waals surface area contributed by atoms with Crippen LogP contribution in [0.3, 0.4) is 0 Å². The Labute approximate surface area is 150 Å². The van der Waals surface area contributed by atoms with Gasteiger partial charge in [-0.1, -0.05) is 0 Å². The molecule has 2 heterocycles. The summed E-state index contributed by atoms with van der Waals surface area (Å²) in [5.41, 5.74) is 2.39. The van der Waals surface area contributed by atoms with Crippen molar-refractivity contribution in [2.24, 2.45) is 0 Å². The second kappa shape index (κ2) is 7.47. The first-order chi connectivity index (χ1) is 12.5. The molecule has 1 aliphatic heterocycles. The van der Waals surface area contributed by atoms with Crippen molar-refractivity contribution in [3.8, 4) is 11.5 Å². The van der Waals surface area contributed by atoms with Crippen LogP contribution in [-0.4, -0.2) is 40.0 Å². The normalized spacial score (nSPS) is 13.2. The molecule has 1 amide bonds. The SMILES string of the molecule is Cc1nn(CCC(=O)O)c(C)c1NC(=O)c1ccc2c(c1)OCCCO2. The Bertz CT molecular complexity index is 844. The molecule has 1 aromatic carbocycles. The number of carbonyl (C=O) groups excluding carboxylic acids is 1. The van der Waals surface area contributed by atoms with Gasteiger partial charge >= 0.3 is 5.97 Å². The molecule has 138 valence electrons. The van der Waals surface area contributed by atoms with Gasteiger partial charge in [0.05, 0.1) is 43.3 Å². The average molecular weight is 359 g/mol. The second-order valence-electron chi connectivity index (χ2n) is 6.08. The Balaban J connectivity index is 1.78. The zero-order valence-electron chi connectivity index (χ0n) is 14.7. The van der Waals surface area contributed by atoms with E-state index in [0.29, 0.717) is 47.4 Å². The van der Waals surface area contributed by atoms with Crippen molar-refractivity contribution in [2.45, 2.75) is 33.2 Å². The second-order valence-corrected chi connectivity index (χ2v) is 6.08. The van der Waals surface area contributed by atoms with Gasteiger partial charge in [0.15, 0.2) is 11.5 Å². The van der Waals surface area contributed by atoms with Gasteiger partial charge in [0, 0.05) is 12.0 Å². The summed E-state index contributed by atoms with van der Waals surface area (Å²) in [6, 6.07) is 5.07. The van der Waals surface area contributed by atoms with Gasteiger partial charge in [-0.2, -0.15) is 5.10 Å². The number of aryl methyl sites for hydroxylation is 2. The third-order valence-electron chi connectivity index (χ3n) is 4.17. The van der Waals surface area contributed by atoms with Gasteiger partial charge in [-0.25, -0.2) is 0 Å². The molecule has 0 unspecified atom stereocenters. The molecule has 0 saturated heterocycles. The van der Waals surface area contributed by atoms with Crippen LogP contribution in [-0.2, 0) is 11.3 Å². The van der Waals surface area contributed by atoms with Crippen LogP contribution in [0.15, 0.2) is 18.2 Å². The zero-order valence-corrected chi connectivity index (χ0v) is 14.7. The lowest BCUT2D eigenvalue weighted by atomic mass is 10.1. The molecule has 0 bridgehead atoms. The van der Waals surface area contributed by atoms with Crippen molar-refractivity contribution in [3.63, 3.8) is 0 Å². The van der Waals surface area contributed by atoms with Crippen LogP contribution in [0.4, 0.5) is 5.69 Å². The number of fused-ring (bicyclic) bond motifs is 1. The Morgan fingerprint density at radius 1 is 1.23 bits per heavy atom. The molecule has 2 aromatic rings. The van der Waals surface area contributed by atoms with Crippen LogP contribution in [0.5, 0.6) is 11.5 Å². The number of aromatic nitrogens is 2. The largest absolute Gasteiger partial charge is 0.490 e. The molecular formula is C18H21N3O5. The van der Waals surface area contributed by atoms with E-state index in [1.54, 1.807) is 36.7 Å². The smallest absolute Gasteiger partial charge is 0.305 e. The monoisotopic (exact) mass is 359 g/mol. The highest BCUT2D eigenvalue weighted by molar-refractivity contribution is 6.05. The molecule has 8 nitrogen and oxygen atoms in total. The number of hydrogen-bond donors (Lipinski definition) is 2. The van der Waals surface area contributed by atoms with Gasteiger partial charge in [-0.15, -0.1) is 0 Å².